The molecule has 138 valence electrons. The smallest absolute Gasteiger partial charge is 0.273 e. The van der Waals surface area contributed by atoms with E-state index >= 15 is 0 Å². The van der Waals surface area contributed by atoms with Crippen LogP contribution >= 0.6 is 11.3 Å². The van der Waals surface area contributed by atoms with Gasteiger partial charge < -0.3 is 0 Å². The summed E-state index contributed by atoms with van der Waals surface area (Å²) in [6, 6.07) is 7.96. The number of benzene rings is 1. The van der Waals surface area contributed by atoms with Crippen molar-refractivity contribution in [1.82, 2.24) is 10.0 Å². The third kappa shape index (κ3) is 3.75. The largest absolute Gasteiger partial charge is 0.291 e. The third-order valence-electron chi connectivity index (χ3n) is 3.92. The molecule has 1 aromatic carbocycles. The van der Waals surface area contributed by atoms with Crippen molar-refractivity contribution >= 4 is 40.5 Å². The predicted molar refractivity (Wildman–Crippen MR) is 93.9 cm³/mol. The lowest BCUT2D eigenvalue weighted by Gasteiger charge is -2.29. The van der Waals surface area contributed by atoms with E-state index in [1.54, 1.807) is 17.5 Å². The summed E-state index contributed by atoms with van der Waals surface area (Å²) in [5.41, 5.74) is -0.187. The minimum absolute atomic E-state index is 0.0204. The molecule has 1 fully saturated rings. The van der Waals surface area contributed by atoms with Gasteiger partial charge in [0.25, 0.3) is 11.6 Å². The molecule has 2 aromatic rings. The van der Waals surface area contributed by atoms with E-state index in [4.69, 9.17) is 0 Å². The topological polar surface area (TPSA) is 118 Å². The van der Waals surface area contributed by atoms with E-state index in [0.29, 0.717) is 9.89 Å². The summed E-state index contributed by atoms with van der Waals surface area (Å²) in [5.74, 6) is -2.34. The van der Waals surface area contributed by atoms with Crippen molar-refractivity contribution in [2.75, 3.05) is 6.54 Å². The summed E-state index contributed by atoms with van der Waals surface area (Å²) in [7, 11) is 0. The lowest BCUT2D eigenvalue weighted by Crippen LogP contribution is -2.51. The summed E-state index contributed by atoms with van der Waals surface area (Å²) >= 11 is 1.18. The fraction of sp³-hybridized carbons (Fsp3) is 0.176. The first kappa shape index (κ1) is 18.4. The number of non-ortho nitro benzene ring substituents is 1. The maximum atomic E-state index is 12.9. The van der Waals surface area contributed by atoms with Crippen LogP contribution < -0.4 is 0 Å². The number of hydrazine groups is 1. The van der Waals surface area contributed by atoms with E-state index < -0.39 is 35.0 Å². The second-order valence-electron chi connectivity index (χ2n) is 5.67. The van der Waals surface area contributed by atoms with Gasteiger partial charge in [0.05, 0.1) is 9.80 Å². The van der Waals surface area contributed by atoms with Gasteiger partial charge in [0.15, 0.2) is 5.78 Å². The summed E-state index contributed by atoms with van der Waals surface area (Å²) < 4.78 is 0. The maximum absolute atomic E-state index is 12.9. The maximum Gasteiger partial charge on any atom is 0.273 e. The number of amides is 3. The Kier molecular flexibility index (Phi) is 5.08. The van der Waals surface area contributed by atoms with Crippen LogP contribution in [0.4, 0.5) is 5.69 Å². The van der Waals surface area contributed by atoms with Crippen molar-refractivity contribution in [2.24, 2.45) is 0 Å². The molecule has 0 N–H and O–H groups in total. The Balaban J connectivity index is 1.91. The average molecular weight is 387 g/mol. The fourth-order valence-corrected chi connectivity index (χ4v) is 3.25. The molecule has 1 aromatic heterocycles. The zero-order chi connectivity index (χ0) is 19.6. The molecule has 3 amide bonds. The number of nitro benzene ring substituents is 1. The second-order valence-corrected chi connectivity index (χ2v) is 6.61. The Morgan fingerprint density at radius 3 is 2.26 bits per heavy atom. The number of rotatable bonds is 6. The van der Waals surface area contributed by atoms with Crippen molar-refractivity contribution in [3.8, 4) is 0 Å². The molecule has 0 unspecified atom stereocenters. The van der Waals surface area contributed by atoms with E-state index in [1.165, 1.54) is 23.5 Å². The molecule has 1 aliphatic rings. The number of thiophene rings is 1. The monoisotopic (exact) mass is 387 g/mol. The molecule has 0 spiro atoms. The highest BCUT2D eigenvalue weighted by Crippen LogP contribution is 2.21. The Morgan fingerprint density at radius 1 is 1.11 bits per heavy atom. The van der Waals surface area contributed by atoms with Crippen molar-refractivity contribution in [3.63, 3.8) is 0 Å². The van der Waals surface area contributed by atoms with E-state index in [2.05, 4.69) is 0 Å². The number of Topliss-reactive ketones (excluding diaryl/α,β-unsaturated/α-hetero) is 1. The highest BCUT2D eigenvalue weighted by atomic mass is 32.1. The molecule has 0 aliphatic carbocycles. The Morgan fingerprint density at radius 2 is 1.74 bits per heavy atom. The van der Waals surface area contributed by atoms with E-state index in [-0.39, 0.29) is 24.1 Å². The summed E-state index contributed by atoms with van der Waals surface area (Å²) in [6.45, 7) is -0.492. The van der Waals surface area contributed by atoms with Crippen LogP contribution in [-0.4, -0.2) is 45.0 Å². The van der Waals surface area contributed by atoms with Gasteiger partial charge in [0.2, 0.25) is 11.8 Å². The van der Waals surface area contributed by atoms with Crippen LogP contribution in [-0.2, 0) is 9.59 Å². The van der Waals surface area contributed by atoms with E-state index in [1.807, 2.05) is 0 Å². The number of carbonyl (C=O) groups excluding carboxylic acids is 4. The van der Waals surface area contributed by atoms with Crippen LogP contribution in [0, 0.1) is 10.1 Å². The molecule has 1 aliphatic heterocycles. The van der Waals surface area contributed by atoms with E-state index in [9.17, 15) is 29.3 Å². The van der Waals surface area contributed by atoms with Gasteiger partial charge in [-0.05, 0) is 23.6 Å². The molecule has 27 heavy (non-hydrogen) atoms. The van der Waals surface area contributed by atoms with Gasteiger partial charge in [-0.1, -0.05) is 6.07 Å². The molecular formula is C17H13N3O6S. The molecule has 1 saturated heterocycles. The molecule has 0 radical (unpaired) electrons. The number of hydrogen-bond donors (Lipinski definition) is 0. The lowest BCUT2D eigenvalue weighted by atomic mass is 10.2. The van der Waals surface area contributed by atoms with Crippen LogP contribution in [0.1, 0.15) is 32.9 Å². The number of nitrogens with zero attached hydrogens (tertiary/aromatic N) is 3. The Labute approximate surface area is 156 Å². The molecule has 0 saturated carbocycles. The second kappa shape index (κ2) is 7.46. The summed E-state index contributed by atoms with van der Waals surface area (Å²) in [6.07, 6.45) is -0.0911. The number of hydrogen-bond acceptors (Lipinski definition) is 7. The van der Waals surface area contributed by atoms with Gasteiger partial charge in [-0.15, -0.1) is 11.3 Å². The normalized spacial score (nSPS) is 13.7. The first-order valence-electron chi connectivity index (χ1n) is 7.87. The quantitative estimate of drug-likeness (QED) is 0.324. The summed E-state index contributed by atoms with van der Waals surface area (Å²) in [5, 5.41) is 13.9. The molecular weight excluding hydrogens is 374 g/mol. The molecule has 0 bridgehead atoms. The Bertz CT molecular complexity index is 907. The highest BCUT2D eigenvalue weighted by Gasteiger charge is 2.38. The minimum atomic E-state index is -0.765. The first-order valence-corrected chi connectivity index (χ1v) is 8.75. The van der Waals surface area contributed by atoms with E-state index in [0.717, 1.165) is 17.1 Å². The first-order chi connectivity index (χ1) is 12.9. The van der Waals surface area contributed by atoms with Gasteiger partial charge in [-0.2, -0.15) is 5.01 Å². The predicted octanol–water partition coefficient (Wildman–Crippen LogP) is 2.05. The van der Waals surface area contributed by atoms with Gasteiger partial charge in [-0.25, -0.2) is 5.01 Å². The molecule has 3 rings (SSSR count). The SMILES string of the molecule is O=C(CN(C(=O)c1ccc([N+](=O)[O-])cc1)N1C(=O)CCC1=O)c1cccs1. The van der Waals surface area contributed by atoms with Gasteiger partial charge in [-0.3, -0.25) is 29.3 Å². The number of ketones is 1. The van der Waals surface area contributed by atoms with Crippen LogP contribution in [0.3, 0.4) is 0 Å². The van der Waals surface area contributed by atoms with Crippen LogP contribution in [0.15, 0.2) is 41.8 Å². The van der Waals surface area contributed by atoms with Crippen molar-refractivity contribution in [3.05, 3.63) is 62.3 Å². The lowest BCUT2D eigenvalue weighted by molar-refractivity contribution is -0.384. The van der Waals surface area contributed by atoms with Gasteiger partial charge >= 0.3 is 0 Å². The molecule has 10 heteroatoms. The van der Waals surface area contributed by atoms with Gasteiger partial charge in [0, 0.05) is 30.5 Å². The van der Waals surface area contributed by atoms with Crippen molar-refractivity contribution < 1.29 is 24.1 Å². The molecule has 9 nitrogen and oxygen atoms in total. The standard InChI is InChI=1S/C17H13N3O6S/c21-13(14-2-1-9-27-14)10-18(19-15(22)7-8-16(19)23)17(24)11-3-5-12(6-4-11)20(25)26/h1-6,9H,7-8,10H2. The average Bonchev–Trinajstić information content (AvgIpc) is 3.30. The van der Waals surface area contributed by atoms with Gasteiger partial charge in [0.1, 0.15) is 6.54 Å². The van der Waals surface area contributed by atoms with Crippen LogP contribution in [0.5, 0.6) is 0 Å². The zero-order valence-electron chi connectivity index (χ0n) is 13.9. The van der Waals surface area contributed by atoms with Crippen LogP contribution in [0.2, 0.25) is 0 Å². The fourth-order valence-electron chi connectivity index (χ4n) is 2.59. The zero-order valence-corrected chi connectivity index (χ0v) is 14.7. The third-order valence-corrected chi connectivity index (χ3v) is 4.83. The molecule has 2 heterocycles. The number of carbonyl (C=O) groups is 4. The van der Waals surface area contributed by atoms with Crippen molar-refractivity contribution in [1.29, 1.82) is 0 Å². The van der Waals surface area contributed by atoms with Crippen LogP contribution in [0.25, 0.3) is 0 Å². The Hall–Kier alpha value is -3.40. The number of imide groups is 1. The summed E-state index contributed by atoms with van der Waals surface area (Å²) in [4.78, 5) is 60.0. The van der Waals surface area contributed by atoms with Crippen molar-refractivity contribution in [2.45, 2.75) is 12.8 Å². The number of nitro groups is 1. The molecule has 0 atom stereocenters. The highest BCUT2D eigenvalue weighted by molar-refractivity contribution is 7.12. The minimum Gasteiger partial charge on any atom is -0.291 e.